The van der Waals surface area contributed by atoms with Gasteiger partial charge < -0.3 is 4.74 Å². The minimum atomic E-state index is -0.300. The lowest BCUT2D eigenvalue weighted by atomic mass is 9.84. The quantitative estimate of drug-likeness (QED) is 0.768. The first-order valence-corrected chi connectivity index (χ1v) is 7.06. The van der Waals surface area contributed by atoms with Crippen LogP contribution in [0.15, 0.2) is 30.3 Å². The van der Waals surface area contributed by atoms with Crippen molar-refractivity contribution >= 4 is 5.78 Å². The van der Waals surface area contributed by atoms with Crippen LogP contribution in [0.2, 0.25) is 0 Å². The molecule has 19 heavy (non-hydrogen) atoms. The molecule has 0 saturated carbocycles. The third-order valence-corrected chi connectivity index (χ3v) is 3.49. The molecule has 0 N–H and O–H groups in total. The van der Waals surface area contributed by atoms with Gasteiger partial charge in [-0.05, 0) is 12.5 Å². The highest BCUT2D eigenvalue weighted by Gasteiger charge is 2.28. The normalized spacial score (nSPS) is 15.0. The highest BCUT2D eigenvalue weighted by Crippen LogP contribution is 2.27. The van der Waals surface area contributed by atoms with Crippen LogP contribution in [0, 0.1) is 5.41 Å². The van der Waals surface area contributed by atoms with Gasteiger partial charge in [-0.25, -0.2) is 0 Å². The molecule has 0 heterocycles. The maximum Gasteiger partial charge on any atom is 0.140 e. The molecule has 2 heteroatoms. The van der Waals surface area contributed by atoms with Crippen molar-refractivity contribution in [2.45, 2.75) is 53.1 Å². The molecule has 0 unspecified atom stereocenters. The van der Waals surface area contributed by atoms with Crippen LogP contribution in [0.25, 0.3) is 0 Å². The first-order chi connectivity index (χ1) is 8.86. The SMILES string of the molecule is CCO[C@H](CC(=O)C(C)(C)C)[C@@H](C)c1ccccc1. The number of Topliss-reactive ketones (excluding diaryl/α,β-unsaturated/α-hetero) is 1. The number of rotatable bonds is 6. The van der Waals surface area contributed by atoms with Gasteiger partial charge in [0.15, 0.2) is 0 Å². The Balaban J connectivity index is 2.80. The standard InChI is InChI=1S/C17H26O2/c1-6-19-15(12-16(18)17(3,4)5)13(2)14-10-8-7-9-11-14/h7-11,13,15H,6,12H2,1-5H3/t13-,15+/m0/s1. The smallest absolute Gasteiger partial charge is 0.140 e. The van der Waals surface area contributed by atoms with Gasteiger partial charge in [-0.1, -0.05) is 58.0 Å². The van der Waals surface area contributed by atoms with Gasteiger partial charge >= 0.3 is 0 Å². The lowest BCUT2D eigenvalue weighted by Gasteiger charge is -2.27. The van der Waals surface area contributed by atoms with Crippen molar-refractivity contribution in [2.24, 2.45) is 5.41 Å². The summed E-state index contributed by atoms with van der Waals surface area (Å²) in [6.07, 6.45) is 0.437. The summed E-state index contributed by atoms with van der Waals surface area (Å²) in [4.78, 5) is 12.2. The zero-order valence-electron chi connectivity index (χ0n) is 12.8. The molecule has 106 valence electrons. The summed E-state index contributed by atoms with van der Waals surface area (Å²) < 4.78 is 5.80. The minimum absolute atomic E-state index is 0.0425. The molecule has 0 spiro atoms. The van der Waals surface area contributed by atoms with Crippen LogP contribution in [-0.4, -0.2) is 18.5 Å². The van der Waals surface area contributed by atoms with E-state index >= 15 is 0 Å². The zero-order valence-corrected chi connectivity index (χ0v) is 12.8. The van der Waals surface area contributed by atoms with E-state index < -0.39 is 0 Å². The third-order valence-electron chi connectivity index (χ3n) is 3.49. The van der Waals surface area contributed by atoms with Crippen LogP contribution >= 0.6 is 0 Å². The van der Waals surface area contributed by atoms with E-state index in [2.05, 4.69) is 19.1 Å². The number of hydrogen-bond donors (Lipinski definition) is 0. The number of ketones is 1. The van der Waals surface area contributed by atoms with Gasteiger partial charge in [-0.2, -0.15) is 0 Å². The fourth-order valence-electron chi connectivity index (χ4n) is 2.05. The summed E-state index contributed by atoms with van der Waals surface area (Å²) in [5.41, 5.74) is 0.925. The van der Waals surface area contributed by atoms with Crippen molar-refractivity contribution < 1.29 is 9.53 Å². The van der Waals surface area contributed by atoms with E-state index in [1.807, 2.05) is 45.9 Å². The van der Waals surface area contributed by atoms with Crippen LogP contribution in [0.4, 0.5) is 0 Å². The van der Waals surface area contributed by atoms with Crippen LogP contribution < -0.4 is 0 Å². The van der Waals surface area contributed by atoms with E-state index in [1.165, 1.54) is 5.56 Å². The average Bonchev–Trinajstić information content (AvgIpc) is 2.37. The Morgan fingerprint density at radius 1 is 1.21 bits per heavy atom. The van der Waals surface area contributed by atoms with Crippen molar-refractivity contribution in [2.75, 3.05) is 6.61 Å². The van der Waals surface area contributed by atoms with E-state index in [9.17, 15) is 4.79 Å². The lowest BCUT2D eigenvalue weighted by molar-refractivity contribution is -0.129. The topological polar surface area (TPSA) is 26.3 Å². The average molecular weight is 262 g/mol. The maximum atomic E-state index is 12.2. The second-order valence-corrected chi connectivity index (χ2v) is 6.07. The Kier molecular flexibility index (Phi) is 5.74. The van der Waals surface area contributed by atoms with Gasteiger partial charge in [0.05, 0.1) is 6.10 Å². The predicted molar refractivity (Wildman–Crippen MR) is 79.4 cm³/mol. The molecule has 0 aliphatic heterocycles. The molecule has 2 atom stereocenters. The molecule has 0 fully saturated rings. The molecule has 1 aromatic carbocycles. The second kappa shape index (κ2) is 6.85. The van der Waals surface area contributed by atoms with Gasteiger partial charge in [0.25, 0.3) is 0 Å². The van der Waals surface area contributed by atoms with E-state index in [0.717, 1.165) is 0 Å². The van der Waals surface area contributed by atoms with Crippen molar-refractivity contribution in [3.8, 4) is 0 Å². The Hall–Kier alpha value is -1.15. The predicted octanol–water partition coefficient (Wildman–Crippen LogP) is 4.20. The first-order valence-electron chi connectivity index (χ1n) is 7.06. The van der Waals surface area contributed by atoms with E-state index in [1.54, 1.807) is 0 Å². The van der Waals surface area contributed by atoms with Crippen molar-refractivity contribution in [1.82, 2.24) is 0 Å². The summed E-state index contributed by atoms with van der Waals surface area (Å²) in [6, 6.07) is 10.3. The van der Waals surface area contributed by atoms with Crippen LogP contribution in [-0.2, 0) is 9.53 Å². The number of carbonyl (C=O) groups is 1. The van der Waals surface area contributed by atoms with E-state index in [-0.39, 0.29) is 23.2 Å². The number of hydrogen-bond acceptors (Lipinski definition) is 2. The van der Waals surface area contributed by atoms with Crippen molar-refractivity contribution in [3.05, 3.63) is 35.9 Å². The number of benzene rings is 1. The second-order valence-electron chi connectivity index (χ2n) is 6.07. The Labute approximate surface area is 117 Å². The Morgan fingerprint density at radius 2 is 1.79 bits per heavy atom. The van der Waals surface area contributed by atoms with Gasteiger partial charge in [-0.3, -0.25) is 4.79 Å². The Bertz CT molecular complexity index is 389. The molecule has 2 nitrogen and oxygen atoms in total. The summed E-state index contributed by atoms with van der Waals surface area (Å²) in [6.45, 7) is 10.6. The summed E-state index contributed by atoms with van der Waals surface area (Å²) in [5, 5.41) is 0. The van der Waals surface area contributed by atoms with Crippen molar-refractivity contribution in [1.29, 1.82) is 0 Å². The van der Waals surface area contributed by atoms with Crippen LogP contribution in [0.1, 0.15) is 52.5 Å². The monoisotopic (exact) mass is 262 g/mol. The molecule has 1 rings (SSSR count). The molecule has 0 amide bonds. The summed E-state index contributed by atoms with van der Waals surface area (Å²) in [7, 11) is 0. The van der Waals surface area contributed by atoms with Gasteiger partial charge in [0.1, 0.15) is 5.78 Å². The fraction of sp³-hybridized carbons (Fsp3) is 0.588. The fourth-order valence-corrected chi connectivity index (χ4v) is 2.05. The van der Waals surface area contributed by atoms with Gasteiger partial charge in [-0.15, -0.1) is 0 Å². The molecule has 1 aromatic rings. The summed E-state index contributed by atoms with van der Waals surface area (Å²) >= 11 is 0. The molecular weight excluding hydrogens is 236 g/mol. The molecule has 0 aliphatic carbocycles. The third kappa shape index (κ3) is 4.79. The van der Waals surface area contributed by atoms with Gasteiger partial charge in [0.2, 0.25) is 0 Å². The molecule has 0 aliphatic rings. The van der Waals surface area contributed by atoms with Crippen LogP contribution in [0.5, 0.6) is 0 Å². The largest absolute Gasteiger partial charge is 0.377 e. The number of ether oxygens (including phenoxy) is 1. The van der Waals surface area contributed by atoms with Crippen molar-refractivity contribution in [3.63, 3.8) is 0 Å². The first kappa shape index (κ1) is 15.9. The lowest BCUT2D eigenvalue weighted by Crippen LogP contribution is -2.30. The van der Waals surface area contributed by atoms with Gasteiger partial charge in [0, 0.05) is 24.4 Å². The minimum Gasteiger partial charge on any atom is -0.377 e. The van der Waals surface area contributed by atoms with Crippen LogP contribution in [0.3, 0.4) is 0 Å². The maximum absolute atomic E-state index is 12.2. The molecule has 0 radical (unpaired) electrons. The van der Waals surface area contributed by atoms with E-state index in [0.29, 0.717) is 13.0 Å². The molecule has 0 bridgehead atoms. The van der Waals surface area contributed by atoms with E-state index in [4.69, 9.17) is 4.74 Å². The number of carbonyl (C=O) groups excluding carboxylic acids is 1. The molecular formula is C17H26O2. The summed E-state index contributed by atoms with van der Waals surface area (Å²) in [5.74, 6) is 0.487. The highest BCUT2D eigenvalue weighted by atomic mass is 16.5. The molecule has 0 saturated heterocycles. The zero-order chi connectivity index (χ0) is 14.5. The Morgan fingerprint density at radius 3 is 2.26 bits per heavy atom. The molecule has 0 aromatic heterocycles. The highest BCUT2D eigenvalue weighted by molar-refractivity contribution is 5.84.